The Bertz CT molecular complexity index is 562. The number of carbonyl (C=O) groups is 2. The normalized spacial score (nSPS) is 15.1. The number of ketones is 2. The molecule has 0 spiro atoms. The minimum absolute atomic E-state index is 0.198. The molecule has 0 saturated carbocycles. The summed E-state index contributed by atoms with van der Waals surface area (Å²) >= 11 is 3.19. The Kier molecular flexibility index (Phi) is 2.87. The third-order valence-electron chi connectivity index (χ3n) is 2.56. The first kappa shape index (κ1) is 12.0. The number of allylic oxidation sites excluding steroid dienone is 2. The molecular formula is C12H11BrN2O2. The number of likely N-dealkylation sites (N-methyl/N-ethyl adjacent to an activating group) is 1. The second kappa shape index (κ2) is 4.07. The Morgan fingerprint density at radius 2 is 1.82 bits per heavy atom. The molecule has 1 aromatic heterocycles. The summed E-state index contributed by atoms with van der Waals surface area (Å²) in [5.41, 5.74) is 1.67. The molecule has 0 amide bonds. The smallest absolute Gasteiger partial charge is 0.229 e. The Balaban J connectivity index is 2.69. The quantitative estimate of drug-likeness (QED) is 0.794. The number of aromatic nitrogens is 1. The van der Waals surface area contributed by atoms with Crippen LogP contribution in [0.4, 0.5) is 0 Å². The standard InChI is InChI=1S/C12H11BrN2O2/c1-6-4-5-7-9(14-6)12(17)10(15(2)3)8(13)11(7)16/h4-5H,1-3H3. The predicted octanol–water partition coefficient (Wildman–Crippen LogP) is 1.94. The van der Waals surface area contributed by atoms with Gasteiger partial charge in [-0.05, 0) is 35.0 Å². The van der Waals surface area contributed by atoms with Crippen LogP contribution in [0.2, 0.25) is 0 Å². The fourth-order valence-electron chi connectivity index (χ4n) is 1.75. The van der Waals surface area contributed by atoms with E-state index < -0.39 is 0 Å². The molecule has 0 aromatic carbocycles. The summed E-state index contributed by atoms with van der Waals surface area (Å²) in [5.74, 6) is -0.420. The van der Waals surface area contributed by atoms with Gasteiger partial charge in [0.25, 0.3) is 0 Å². The summed E-state index contributed by atoms with van der Waals surface area (Å²) in [5, 5.41) is 0. The minimum atomic E-state index is -0.222. The summed E-state index contributed by atoms with van der Waals surface area (Å²) in [6.07, 6.45) is 0. The molecule has 88 valence electrons. The molecule has 0 aliphatic heterocycles. The van der Waals surface area contributed by atoms with Crippen LogP contribution in [0, 0.1) is 6.92 Å². The Morgan fingerprint density at radius 1 is 1.18 bits per heavy atom. The lowest BCUT2D eigenvalue weighted by Gasteiger charge is -2.22. The number of hydrogen-bond donors (Lipinski definition) is 0. The van der Waals surface area contributed by atoms with E-state index in [1.165, 1.54) is 0 Å². The summed E-state index contributed by atoms with van der Waals surface area (Å²) in [7, 11) is 3.45. The molecule has 0 unspecified atom stereocenters. The van der Waals surface area contributed by atoms with Crippen molar-refractivity contribution in [2.75, 3.05) is 14.1 Å². The number of carbonyl (C=O) groups excluding carboxylic acids is 2. The molecular weight excluding hydrogens is 284 g/mol. The molecule has 1 aliphatic carbocycles. The van der Waals surface area contributed by atoms with Crippen LogP contribution in [0.5, 0.6) is 0 Å². The lowest BCUT2D eigenvalue weighted by atomic mass is 9.96. The van der Waals surface area contributed by atoms with Crippen LogP contribution >= 0.6 is 15.9 Å². The lowest BCUT2D eigenvalue weighted by molar-refractivity contribution is 0.0955. The number of hydrogen-bond acceptors (Lipinski definition) is 4. The van der Waals surface area contributed by atoms with Crippen LogP contribution in [0.25, 0.3) is 0 Å². The second-order valence-corrected chi connectivity index (χ2v) is 4.86. The summed E-state index contributed by atoms with van der Waals surface area (Å²) in [6, 6.07) is 3.37. The monoisotopic (exact) mass is 294 g/mol. The van der Waals surface area contributed by atoms with Crippen molar-refractivity contribution in [3.8, 4) is 0 Å². The second-order valence-electron chi connectivity index (χ2n) is 4.06. The molecule has 1 heterocycles. The van der Waals surface area contributed by atoms with Crippen molar-refractivity contribution in [2.24, 2.45) is 0 Å². The van der Waals surface area contributed by atoms with E-state index >= 15 is 0 Å². The highest BCUT2D eigenvalue weighted by Crippen LogP contribution is 2.29. The number of fused-ring (bicyclic) bond motifs is 1. The first-order valence-corrected chi connectivity index (χ1v) is 5.87. The van der Waals surface area contributed by atoms with Gasteiger partial charge in [-0.25, -0.2) is 4.98 Å². The van der Waals surface area contributed by atoms with Crippen LogP contribution in [0.15, 0.2) is 22.3 Å². The maximum absolute atomic E-state index is 12.2. The molecule has 0 N–H and O–H groups in total. The Hall–Kier alpha value is -1.49. The highest BCUT2D eigenvalue weighted by Gasteiger charge is 2.33. The summed E-state index contributed by atoms with van der Waals surface area (Å²) in [4.78, 5) is 30.1. The Labute approximate surface area is 107 Å². The van der Waals surface area contributed by atoms with Gasteiger partial charge < -0.3 is 4.90 Å². The zero-order valence-corrected chi connectivity index (χ0v) is 11.3. The van der Waals surface area contributed by atoms with E-state index in [2.05, 4.69) is 20.9 Å². The van der Waals surface area contributed by atoms with Crippen LogP contribution in [-0.2, 0) is 0 Å². The van der Waals surface area contributed by atoms with Crippen LogP contribution in [0.1, 0.15) is 26.5 Å². The lowest BCUT2D eigenvalue weighted by Crippen LogP contribution is -2.29. The van der Waals surface area contributed by atoms with Crippen molar-refractivity contribution < 1.29 is 9.59 Å². The first-order valence-electron chi connectivity index (χ1n) is 5.07. The Morgan fingerprint density at radius 3 is 2.41 bits per heavy atom. The SMILES string of the molecule is Cc1ccc2c(n1)C(=O)C(N(C)C)=C(Br)C2=O. The van der Waals surface area contributed by atoms with E-state index in [1.54, 1.807) is 38.1 Å². The zero-order valence-electron chi connectivity index (χ0n) is 9.74. The number of aryl methyl sites for hydroxylation is 1. The molecule has 2 rings (SSSR count). The first-order chi connectivity index (χ1) is 7.93. The highest BCUT2D eigenvalue weighted by molar-refractivity contribution is 9.12. The van der Waals surface area contributed by atoms with E-state index in [0.29, 0.717) is 15.7 Å². The molecule has 0 bridgehead atoms. The number of Topliss-reactive ketones (excluding diaryl/α,β-unsaturated/α-hetero) is 2. The van der Waals surface area contributed by atoms with E-state index in [9.17, 15) is 9.59 Å². The van der Waals surface area contributed by atoms with Gasteiger partial charge >= 0.3 is 0 Å². The van der Waals surface area contributed by atoms with Gasteiger partial charge in [-0.2, -0.15) is 0 Å². The minimum Gasteiger partial charge on any atom is -0.373 e. The largest absolute Gasteiger partial charge is 0.373 e. The van der Waals surface area contributed by atoms with Crippen molar-refractivity contribution in [3.05, 3.63) is 39.3 Å². The van der Waals surface area contributed by atoms with Crippen molar-refractivity contribution in [1.29, 1.82) is 0 Å². The van der Waals surface area contributed by atoms with Crippen LogP contribution in [-0.4, -0.2) is 35.5 Å². The number of nitrogens with zero attached hydrogens (tertiary/aromatic N) is 2. The van der Waals surface area contributed by atoms with Crippen LogP contribution < -0.4 is 0 Å². The van der Waals surface area contributed by atoms with Crippen molar-refractivity contribution in [1.82, 2.24) is 9.88 Å². The van der Waals surface area contributed by atoms with Crippen LogP contribution in [0.3, 0.4) is 0 Å². The van der Waals surface area contributed by atoms with E-state index in [1.807, 2.05) is 0 Å². The maximum Gasteiger partial charge on any atom is 0.229 e. The number of pyridine rings is 1. The third kappa shape index (κ3) is 1.80. The van der Waals surface area contributed by atoms with Crippen molar-refractivity contribution in [3.63, 3.8) is 0 Å². The average Bonchev–Trinajstić information content (AvgIpc) is 2.26. The molecule has 0 atom stereocenters. The predicted molar refractivity (Wildman–Crippen MR) is 67.3 cm³/mol. The van der Waals surface area contributed by atoms with Gasteiger partial charge in [-0.1, -0.05) is 0 Å². The molecule has 1 aliphatic rings. The topological polar surface area (TPSA) is 50.3 Å². The molecule has 0 saturated heterocycles. The fraction of sp³-hybridized carbons (Fsp3) is 0.250. The molecule has 0 fully saturated rings. The van der Waals surface area contributed by atoms with Gasteiger partial charge in [0, 0.05) is 19.8 Å². The van der Waals surface area contributed by atoms with Crippen molar-refractivity contribution >= 4 is 27.5 Å². The van der Waals surface area contributed by atoms with E-state index in [-0.39, 0.29) is 17.3 Å². The zero-order chi connectivity index (χ0) is 12.7. The van der Waals surface area contributed by atoms with Gasteiger partial charge in [0.2, 0.25) is 11.6 Å². The van der Waals surface area contributed by atoms with E-state index in [0.717, 1.165) is 5.69 Å². The molecule has 4 nitrogen and oxygen atoms in total. The highest BCUT2D eigenvalue weighted by atomic mass is 79.9. The van der Waals surface area contributed by atoms with E-state index in [4.69, 9.17) is 0 Å². The third-order valence-corrected chi connectivity index (χ3v) is 3.30. The van der Waals surface area contributed by atoms with Gasteiger partial charge in [0.05, 0.1) is 10.0 Å². The molecule has 5 heteroatoms. The van der Waals surface area contributed by atoms with Gasteiger partial charge in [0.1, 0.15) is 11.4 Å². The fourth-order valence-corrected chi connectivity index (χ4v) is 2.50. The number of rotatable bonds is 1. The summed E-state index contributed by atoms with van der Waals surface area (Å²) in [6.45, 7) is 1.79. The van der Waals surface area contributed by atoms with Crippen molar-refractivity contribution in [2.45, 2.75) is 6.92 Å². The average molecular weight is 295 g/mol. The number of halogens is 1. The van der Waals surface area contributed by atoms with Gasteiger partial charge in [-0.15, -0.1) is 0 Å². The molecule has 0 radical (unpaired) electrons. The maximum atomic E-state index is 12.2. The summed E-state index contributed by atoms with van der Waals surface area (Å²) < 4.78 is 0.297. The van der Waals surface area contributed by atoms with Gasteiger partial charge in [0.15, 0.2) is 0 Å². The van der Waals surface area contributed by atoms with Gasteiger partial charge in [-0.3, -0.25) is 9.59 Å². The molecule has 1 aromatic rings. The molecule has 17 heavy (non-hydrogen) atoms.